The Hall–Kier alpha value is -2.08. The number of rotatable bonds is 1. The highest BCUT2D eigenvalue weighted by molar-refractivity contribution is 6.32. The van der Waals surface area contributed by atoms with E-state index in [1.165, 1.54) is 0 Å². The molecule has 1 saturated heterocycles. The average Bonchev–Trinajstić information content (AvgIpc) is 2.54. The van der Waals surface area contributed by atoms with Crippen molar-refractivity contribution in [2.75, 3.05) is 31.1 Å². The first kappa shape index (κ1) is 17.7. The molecule has 0 spiro atoms. The van der Waals surface area contributed by atoms with E-state index in [0.717, 1.165) is 22.3 Å². The first-order valence-electron chi connectivity index (χ1n) is 8.38. The Morgan fingerprint density at radius 3 is 2.48 bits per heavy atom. The van der Waals surface area contributed by atoms with Crippen LogP contribution in [0.4, 0.5) is 10.6 Å². The van der Waals surface area contributed by atoms with Crippen molar-refractivity contribution >= 4 is 34.4 Å². The topological polar surface area (TPSA) is 58.6 Å². The fourth-order valence-electron chi connectivity index (χ4n) is 2.85. The smallest absolute Gasteiger partial charge is 0.410 e. The van der Waals surface area contributed by atoms with Gasteiger partial charge in [0.1, 0.15) is 17.7 Å². The Labute approximate surface area is 152 Å². The number of benzene rings is 1. The van der Waals surface area contributed by atoms with E-state index in [0.29, 0.717) is 31.2 Å². The van der Waals surface area contributed by atoms with E-state index < -0.39 is 5.60 Å². The number of hydrogen-bond donors (Lipinski definition) is 0. The lowest BCUT2D eigenvalue weighted by molar-refractivity contribution is 0.0240. The van der Waals surface area contributed by atoms with Crippen molar-refractivity contribution < 1.29 is 9.53 Å². The molecule has 2 heterocycles. The van der Waals surface area contributed by atoms with Crippen LogP contribution in [-0.4, -0.2) is 52.7 Å². The van der Waals surface area contributed by atoms with Gasteiger partial charge in [0.2, 0.25) is 0 Å². The van der Waals surface area contributed by atoms with Crippen molar-refractivity contribution in [2.24, 2.45) is 0 Å². The summed E-state index contributed by atoms with van der Waals surface area (Å²) in [6, 6.07) is 3.89. The monoisotopic (exact) mass is 362 g/mol. The molecule has 0 radical (unpaired) electrons. The number of nitrogens with zero attached hydrogens (tertiary/aromatic N) is 4. The second-order valence-electron chi connectivity index (χ2n) is 7.27. The minimum atomic E-state index is -0.478. The predicted molar refractivity (Wildman–Crippen MR) is 99.3 cm³/mol. The van der Waals surface area contributed by atoms with E-state index in [2.05, 4.69) is 14.9 Å². The van der Waals surface area contributed by atoms with Gasteiger partial charge < -0.3 is 14.5 Å². The molecule has 6 nitrogen and oxygen atoms in total. The van der Waals surface area contributed by atoms with Gasteiger partial charge in [0.05, 0.1) is 5.52 Å². The molecule has 1 aliphatic heterocycles. The molecule has 0 atom stereocenters. The highest BCUT2D eigenvalue weighted by Gasteiger charge is 2.27. The first-order chi connectivity index (χ1) is 11.7. The van der Waals surface area contributed by atoms with E-state index in [9.17, 15) is 4.79 Å². The molecular weight excluding hydrogens is 340 g/mol. The summed E-state index contributed by atoms with van der Waals surface area (Å²) >= 11 is 6.20. The summed E-state index contributed by atoms with van der Waals surface area (Å²) in [5, 5.41) is 1.68. The first-order valence-corrected chi connectivity index (χ1v) is 8.76. The second-order valence-corrected chi connectivity index (χ2v) is 7.68. The van der Waals surface area contributed by atoms with E-state index in [4.69, 9.17) is 16.3 Å². The molecule has 1 fully saturated rings. The lowest BCUT2D eigenvalue weighted by atomic mass is 10.1. The molecule has 3 rings (SSSR count). The third-order valence-electron chi connectivity index (χ3n) is 4.13. The molecule has 0 saturated carbocycles. The van der Waals surface area contributed by atoms with Crippen LogP contribution in [0, 0.1) is 6.92 Å². The maximum atomic E-state index is 12.2. The quantitative estimate of drug-likeness (QED) is 0.775. The Kier molecular flexibility index (Phi) is 4.73. The van der Waals surface area contributed by atoms with Crippen molar-refractivity contribution in [3.8, 4) is 0 Å². The van der Waals surface area contributed by atoms with Crippen LogP contribution in [0.25, 0.3) is 10.9 Å². The highest BCUT2D eigenvalue weighted by Crippen LogP contribution is 2.28. The number of piperazine rings is 1. The van der Waals surface area contributed by atoms with E-state index in [-0.39, 0.29) is 6.09 Å². The summed E-state index contributed by atoms with van der Waals surface area (Å²) < 4.78 is 5.45. The van der Waals surface area contributed by atoms with E-state index in [1.54, 1.807) is 11.2 Å². The van der Waals surface area contributed by atoms with Gasteiger partial charge in [-0.2, -0.15) is 0 Å². The number of aromatic nitrogens is 2. The summed E-state index contributed by atoms with van der Waals surface area (Å²) in [5.74, 6) is 0.883. The van der Waals surface area contributed by atoms with Crippen molar-refractivity contribution in [2.45, 2.75) is 33.3 Å². The summed E-state index contributed by atoms with van der Waals surface area (Å²) in [7, 11) is 0. The predicted octanol–water partition coefficient (Wildman–Crippen LogP) is 3.65. The molecule has 0 aliphatic carbocycles. The number of amides is 1. The Morgan fingerprint density at radius 2 is 1.84 bits per heavy atom. The molecule has 1 aliphatic rings. The molecule has 0 N–H and O–H groups in total. The van der Waals surface area contributed by atoms with E-state index in [1.807, 2.05) is 39.8 Å². The number of halogens is 1. The van der Waals surface area contributed by atoms with Crippen LogP contribution in [0.15, 0.2) is 18.5 Å². The number of fused-ring (bicyclic) bond motifs is 1. The van der Waals surface area contributed by atoms with Gasteiger partial charge in [-0.05, 0) is 45.4 Å². The fourth-order valence-corrected chi connectivity index (χ4v) is 3.01. The van der Waals surface area contributed by atoms with E-state index >= 15 is 0 Å². The van der Waals surface area contributed by atoms with Gasteiger partial charge in [0.25, 0.3) is 0 Å². The van der Waals surface area contributed by atoms with Crippen LogP contribution in [-0.2, 0) is 4.74 Å². The van der Waals surface area contributed by atoms with Crippen LogP contribution in [0.5, 0.6) is 0 Å². The normalized spacial score (nSPS) is 15.6. The van der Waals surface area contributed by atoms with Crippen LogP contribution >= 0.6 is 11.6 Å². The Balaban J connectivity index is 1.76. The van der Waals surface area contributed by atoms with Gasteiger partial charge in [0.15, 0.2) is 0 Å². The minimum Gasteiger partial charge on any atom is -0.444 e. The molecule has 0 bridgehead atoms. The van der Waals surface area contributed by atoms with Gasteiger partial charge in [-0.25, -0.2) is 14.8 Å². The number of anilines is 1. The van der Waals surface area contributed by atoms with Gasteiger partial charge in [0, 0.05) is 36.6 Å². The summed E-state index contributed by atoms with van der Waals surface area (Å²) in [6.07, 6.45) is 1.30. The summed E-state index contributed by atoms with van der Waals surface area (Å²) in [4.78, 5) is 24.9. The molecule has 1 amide bonds. The van der Waals surface area contributed by atoms with Crippen LogP contribution < -0.4 is 4.90 Å². The molecule has 2 aromatic rings. The summed E-state index contributed by atoms with van der Waals surface area (Å²) in [5.41, 5.74) is 1.35. The lowest BCUT2D eigenvalue weighted by Crippen LogP contribution is -2.50. The van der Waals surface area contributed by atoms with Gasteiger partial charge in [-0.3, -0.25) is 0 Å². The number of carbonyl (C=O) groups excluding carboxylic acids is 1. The number of ether oxygens (including phenoxy) is 1. The molecule has 7 heteroatoms. The fraction of sp³-hybridized carbons (Fsp3) is 0.500. The van der Waals surface area contributed by atoms with Crippen molar-refractivity contribution in [1.82, 2.24) is 14.9 Å². The molecule has 134 valence electrons. The van der Waals surface area contributed by atoms with Gasteiger partial charge in [-0.15, -0.1) is 0 Å². The Morgan fingerprint density at radius 1 is 1.16 bits per heavy atom. The Bertz CT molecular complexity index is 795. The average molecular weight is 363 g/mol. The number of aryl methyl sites for hydroxylation is 1. The molecular formula is C18H23ClN4O2. The third-order valence-corrected chi connectivity index (χ3v) is 4.53. The standard InChI is InChI=1S/C18H23ClN4O2/c1-12-9-13-15(10-14(12)19)20-11-21-16(13)22-5-7-23(8-6-22)17(24)25-18(2,3)4/h9-11H,5-8H2,1-4H3. The summed E-state index contributed by atoms with van der Waals surface area (Å²) in [6.45, 7) is 10.2. The molecule has 0 unspecified atom stereocenters. The minimum absolute atomic E-state index is 0.262. The SMILES string of the molecule is Cc1cc2c(N3CCN(C(=O)OC(C)(C)C)CC3)ncnc2cc1Cl. The zero-order valence-corrected chi connectivity index (χ0v) is 15.8. The van der Waals surface area contributed by atoms with Crippen molar-refractivity contribution in [3.05, 3.63) is 29.0 Å². The maximum absolute atomic E-state index is 12.2. The highest BCUT2D eigenvalue weighted by atomic mass is 35.5. The van der Waals surface area contributed by atoms with Gasteiger partial charge >= 0.3 is 6.09 Å². The van der Waals surface area contributed by atoms with Crippen molar-refractivity contribution in [1.29, 1.82) is 0 Å². The molecule has 25 heavy (non-hydrogen) atoms. The number of carbonyl (C=O) groups is 1. The van der Waals surface area contributed by atoms with Gasteiger partial charge in [-0.1, -0.05) is 11.6 Å². The lowest BCUT2D eigenvalue weighted by Gasteiger charge is -2.36. The zero-order valence-electron chi connectivity index (χ0n) is 15.0. The second kappa shape index (κ2) is 6.67. The van der Waals surface area contributed by atoms with Crippen LogP contribution in [0.1, 0.15) is 26.3 Å². The number of hydrogen-bond acceptors (Lipinski definition) is 5. The molecule has 1 aromatic carbocycles. The van der Waals surface area contributed by atoms with Crippen molar-refractivity contribution in [3.63, 3.8) is 0 Å². The van der Waals surface area contributed by atoms with Crippen LogP contribution in [0.2, 0.25) is 5.02 Å². The zero-order chi connectivity index (χ0) is 18.2. The maximum Gasteiger partial charge on any atom is 0.410 e. The molecule has 1 aromatic heterocycles. The largest absolute Gasteiger partial charge is 0.444 e. The van der Waals surface area contributed by atoms with Crippen LogP contribution in [0.3, 0.4) is 0 Å². The third kappa shape index (κ3) is 3.95.